The summed E-state index contributed by atoms with van der Waals surface area (Å²) in [5.74, 6) is 0.628. The quantitative estimate of drug-likeness (QED) is 0.203. The van der Waals surface area contributed by atoms with Crippen molar-refractivity contribution in [2.45, 2.75) is 70.6 Å². The number of carbonyl (C=O) groups excluding carboxylic acids is 2. The fourth-order valence-electron chi connectivity index (χ4n) is 3.89. The predicted octanol–water partition coefficient (Wildman–Crippen LogP) is 4.90. The van der Waals surface area contributed by atoms with Crippen LogP contribution in [0.5, 0.6) is 0 Å². The number of nitrogens with one attached hydrogen (secondary N) is 1. The maximum Gasteiger partial charge on any atom is 0.328 e. The summed E-state index contributed by atoms with van der Waals surface area (Å²) in [6.45, 7) is 8.15. The number of isocyanates is 1. The van der Waals surface area contributed by atoms with E-state index in [0.717, 1.165) is 44.2 Å². The fourth-order valence-corrected chi connectivity index (χ4v) is 4.64. The summed E-state index contributed by atoms with van der Waals surface area (Å²) >= 11 is 0. The Kier molecular flexibility index (Phi) is 8.60. The lowest BCUT2D eigenvalue weighted by molar-refractivity contribution is -0.141. The molecule has 1 aromatic heterocycles. The Morgan fingerprint density at radius 2 is 2.12 bits per heavy atom. The summed E-state index contributed by atoms with van der Waals surface area (Å²) in [5, 5.41) is 3.31. The highest BCUT2D eigenvalue weighted by Gasteiger charge is 2.24. The monoisotopic (exact) mass is 470 g/mol. The topological polar surface area (TPSA) is 94.8 Å². The number of aliphatic imine (C=N–C) groups is 1. The van der Waals surface area contributed by atoms with Crippen molar-refractivity contribution in [3.63, 3.8) is 0 Å². The lowest BCUT2D eigenvalue weighted by Gasteiger charge is -2.20. The van der Waals surface area contributed by atoms with Gasteiger partial charge in [-0.15, -0.1) is 0 Å². The van der Waals surface area contributed by atoms with Crippen molar-refractivity contribution in [2.75, 3.05) is 19.0 Å². The van der Waals surface area contributed by atoms with Gasteiger partial charge in [0.05, 0.1) is 24.1 Å². The van der Waals surface area contributed by atoms with Gasteiger partial charge in [-0.25, -0.2) is 14.6 Å². The van der Waals surface area contributed by atoms with E-state index in [9.17, 15) is 9.59 Å². The second-order valence-corrected chi connectivity index (χ2v) is 15.2. The van der Waals surface area contributed by atoms with Gasteiger partial charge in [-0.05, 0) is 31.0 Å². The zero-order chi connectivity index (χ0) is 23.8. The number of aryl methyl sites for hydroxylation is 1. The normalized spacial score (nSPS) is 16.4. The molecule has 0 saturated carbocycles. The molecular formula is C24H34N4O4Si. The van der Waals surface area contributed by atoms with Crippen molar-refractivity contribution in [3.05, 3.63) is 30.2 Å². The third-order valence-electron chi connectivity index (χ3n) is 5.76. The van der Waals surface area contributed by atoms with E-state index in [-0.39, 0.29) is 5.97 Å². The van der Waals surface area contributed by atoms with Gasteiger partial charge in [0.25, 0.3) is 0 Å². The number of fused-ring (bicyclic) bond motifs is 4. The van der Waals surface area contributed by atoms with Crippen LogP contribution in [-0.4, -0.2) is 49.4 Å². The van der Waals surface area contributed by atoms with Crippen LogP contribution in [-0.2, 0) is 32.2 Å². The number of rotatable bonds is 7. The first-order chi connectivity index (χ1) is 15.8. The number of nitrogens with zero attached hydrogens (tertiary/aromatic N) is 3. The molecule has 1 unspecified atom stereocenters. The lowest BCUT2D eigenvalue weighted by atomic mass is 10.0. The van der Waals surface area contributed by atoms with E-state index in [1.54, 1.807) is 18.2 Å². The Morgan fingerprint density at radius 3 is 2.85 bits per heavy atom. The minimum Gasteiger partial charge on any atom is -0.467 e. The maximum absolute atomic E-state index is 12.4. The van der Waals surface area contributed by atoms with E-state index >= 15 is 0 Å². The highest BCUT2D eigenvalue weighted by molar-refractivity contribution is 6.76. The minimum absolute atomic E-state index is 0.315. The van der Waals surface area contributed by atoms with Crippen LogP contribution in [0, 0.1) is 0 Å². The molecule has 1 aliphatic rings. The molecule has 0 fully saturated rings. The molecule has 2 bridgehead atoms. The van der Waals surface area contributed by atoms with Gasteiger partial charge in [-0.2, -0.15) is 4.99 Å². The average Bonchev–Trinajstić information content (AvgIpc) is 3.16. The third-order valence-corrected chi connectivity index (χ3v) is 7.46. The Morgan fingerprint density at radius 1 is 1.30 bits per heavy atom. The molecule has 0 aliphatic carbocycles. The molecule has 1 aromatic carbocycles. The molecule has 0 amide bonds. The minimum atomic E-state index is -1.17. The van der Waals surface area contributed by atoms with Gasteiger partial charge < -0.3 is 19.4 Å². The molecule has 2 heterocycles. The summed E-state index contributed by atoms with van der Waals surface area (Å²) in [7, 11) is 0.225. The summed E-state index contributed by atoms with van der Waals surface area (Å²) in [6, 6.07) is 6.01. The predicted molar refractivity (Wildman–Crippen MR) is 131 cm³/mol. The van der Waals surface area contributed by atoms with E-state index in [0.29, 0.717) is 35.8 Å². The molecule has 2 aromatic rings. The zero-order valence-electron chi connectivity index (χ0n) is 20.0. The van der Waals surface area contributed by atoms with Crippen LogP contribution in [0.2, 0.25) is 25.7 Å². The largest absolute Gasteiger partial charge is 0.467 e. The van der Waals surface area contributed by atoms with Crippen molar-refractivity contribution in [3.8, 4) is 11.3 Å². The number of hydrogen-bond donors (Lipinski definition) is 1. The molecule has 178 valence electrons. The van der Waals surface area contributed by atoms with E-state index < -0.39 is 14.1 Å². The van der Waals surface area contributed by atoms with E-state index in [4.69, 9.17) is 14.5 Å². The Bertz CT molecular complexity index is 1010. The lowest BCUT2D eigenvalue weighted by Crippen LogP contribution is -2.31. The molecule has 0 saturated heterocycles. The van der Waals surface area contributed by atoms with Crippen molar-refractivity contribution in [2.24, 2.45) is 4.99 Å². The van der Waals surface area contributed by atoms with Gasteiger partial charge in [0, 0.05) is 33.0 Å². The highest BCUT2D eigenvalue weighted by atomic mass is 28.3. The first kappa shape index (κ1) is 24.9. The summed E-state index contributed by atoms with van der Waals surface area (Å²) in [5.41, 5.74) is 2.47. The molecular weight excluding hydrogens is 436 g/mol. The second-order valence-electron chi connectivity index (χ2n) is 9.58. The molecule has 0 radical (unpaired) electrons. The van der Waals surface area contributed by atoms with Crippen molar-refractivity contribution in [1.29, 1.82) is 0 Å². The number of carbonyl (C=O) groups is 1. The van der Waals surface area contributed by atoms with Gasteiger partial charge in [0.1, 0.15) is 18.6 Å². The molecule has 8 nitrogen and oxygen atoms in total. The number of imidazole rings is 1. The van der Waals surface area contributed by atoms with Crippen LogP contribution in [0.25, 0.3) is 11.3 Å². The van der Waals surface area contributed by atoms with Crippen molar-refractivity contribution in [1.82, 2.24) is 9.55 Å². The molecule has 9 heteroatoms. The molecule has 3 rings (SSSR count). The number of methoxy groups -OCH3 is 1. The molecule has 33 heavy (non-hydrogen) atoms. The second kappa shape index (κ2) is 11.4. The Balaban J connectivity index is 1.99. The first-order valence-corrected chi connectivity index (χ1v) is 15.2. The van der Waals surface area contributed by atoms with E-state index in [1.165, 1.54) is 7.11 Å². The maximum atomic E-state index is 12.4. The van der Waals surface area contributed by atoms with Crippen molar-refractivity contribution < 1.29 is 19.1 Å². The van der Waals surface area contributed by atoms with Crippen LogP contribution < -0.4 is 5.32 Å². The van der Waals surface area contributed by atoms with Crippen LogP contribution in [0.15, 0.2) is 29.4 Å². The standard InChI is InChI=1S/C24H34N4O4Si/c1-31-24(30)20-9-6-5-7-12-22-27-21(15-28(22)17-32-13-14-33(2,3)4)23-18(25-16-29)10-8-11-19(23)26-20/h8,10-11,15,20,26H,5-7,9,12-14,17H2,1-4H3. The van der Waals surface area contributed by atoms with Crippen LogP contribution in [0.1, 0.15) is 31.5 Å². The summed E-state index contributed by atoms with van der Waals surface area (Å²) < 4.78 is 13.1. The number of benzene rings is 1. The molecule has 1 N–H and O–H groups in total. The number of hydrogen-bond acceptors (Lipinski definition) is 7. The summed E-state index contributed by atoms with van der Waals surface area (Å²) in [4.78, 5) is 32.3. The smallest absolute Gasteiger partial charge is 0.328 e. The number of ether oxygens (including phenoxy) is 2. The van der Waals surface area contributed by atoms with Crippen molar-refractivity contribution >= 4 is 31.5 Å². The average molecular weight is 471 g/mol. The number of anilines is 1. The SMILES string of the molecule is COC(=O)C1CCCCCc2nc(cn2COCC[Si](C)(C)C)-c2c(N=C=O)cccc2N1. The zero-order valence-corrected chi connectivity index (χ0v) is 21.0. The molecule has 1 aliphatic heterocycles. The van der Waals surface area contributed by atoms with Crippen LogP contribution >= 0.6 is 0 Å². The van der Waals surface area contributed by atoms with Gasteiger partial charge >= 0.3 is 5.97 Å². The fraction of sp³-hybridized carbons (Fsp3) is 0.542. The molecule has 1 atom stereocenters. The van der Waals surface area contributed by atoms with Gasteiger partial charge in [0.15, 0.2) is 0 Å². The van der Waals surface area contributed by atoms with Gasteiger partial charge in [-0.3, -0.25) is 0 Å². The van der Waals surface area contributed by atoms with Gasteiger partial charge in [-0.1, -0.05) is 38.5 Å². The molecule has 0 spiro atoms. The highest BCUT2D eigenvalue weighted by Crippen LogP contribution is 2.37. The van der Waals surface area contributed by atoms with E-state index in [2.05, 4.69) is 30.0 Å². The summed E-state index contributed by atoms with van der Waals surface area (Å²) in [6.07, 6.45) is 7.87. The third kappa shape index (κ3) is 6.87. The van der Waals surface area contributed by atoms with Crippen LogP contribution in [0.3, 0.4) is 0 Å². The first-order valence-electron chi connectivity index (χ1n) is 11.5. The Hall–Kier alpha value is -2.74. The van der Waals surface area contributed by atoms with E-state index in [1.807, 2.05) is 16.8 Å². The van der Waals surface area contributed by atoms with Crippen LogP contribution in [0.4, 0.5) is 11.4 Å². The number of esters is 1. The van der Waals surface area contributed by atoms with Gasteiger partial charge in [0.2, 0.25) is 6.08 Å². The number of aromatic nitrogens is 2. The Labute approximate surface area is 196 Å².